The number of anilines is 1. The first-order chi connectivity index (χ1) is 12.4. The highest BCUT2D eigenvalue weighted by Gasteiger charge is 2.69. The number of amides is 1. The highest BCUT2D eigenvalue weighted by atomic mass is 32.1. The number of hydrogen-bond acceptors (Lipinski definition) is 4. The predicted octanol–water partition coefficient (Wildman–Crippen LogP) is 1.62. The van der Waals surface area contributed by atoms with Crippen LogP contribution in [0, 0.1) is 0 Å². The minimum Gasteiger partial charge on any atom is -0.303 e. The molecule has 132 valence electrons. The largest absolute Gasteiger partial charge is 0.465 e. The summed E-state index contributed by atoms with van der Waals surface area (Å²) >= 11 is 1.05. The first-order valence-corrected chi connectivity index (χ1v) is 8.43. The van der Waals surface area contributed by atoms with E-state index in [0.29, 0.717) is 11.1 Å². The van der Waals surface area contributed by atoms with Crippen LogP contribution < -0.4 is 15.6 Å². The third-order valence-corrected chi connectivity index (χ3v) is 4.92. The van der Waals surface area contributed by atoms with Crippen molar-refractivity contribution in [3.8, 4) is 0 Å². The summed E-state index contributed by atoms with van der Waals surface area (Å²) in [7, 11) is 0. The number of benzene rings is 2. The van der Waals surface area contributed by atoms with E-state index < -0.39 is 17.7 Å². The third kappa shape index (κ3) is 2.60. The smallest absolute Gasteiger partial charge is 0.303 e. The maximum absolute atomic E-state index is 13.9. The molecule has 0 spiro atoms. The van der Waals surface area contributed by atoms with Gasteiger partial charge in [0.15, 0.2) is 5.13 Å². The van der Waals surface area contributed by atoms with Crippen LogP contribution in [0.5, 0.6) is 0 Å². The first-order valence-electron chi connectivity index (χ1n) is 7.61. The molecule has 26 heavy (non-hydrogen) atoms. The van der Waals surface area contributed by atoms with Gasteiger partial charge >= 0.3 is 17.7 Å². The summed E-state index contributed by atoms with van der Waals surface area (Å²) in [4.78, 5) is 18.8. The second kappa shape index (κ2) is 5.80. The molecule has 0 fully saturated rings. The van der Waals surface area contributed by atoms with Crippen molar-refractivity contribution in [2.75, 3.05) is 5.32 Å². The van der Waals surface area contributed by atoms with Crippen molar-refractivity contribution in [1.29, 1.82) is 0 Å². The number of thiazole rings is 1. The zero-order valence-electron chi connectivity index (χ0n) is 13.1. The Balaban J connectivity index is 1.79. The molecule has 4 rings (SSSR count). The van der Waals surface area contributed by atoms with Gasteiger partial charge in [-0.25, -0.2) is 20.1 Å². The van der Waals surface area contributed by atoms with Crippen molar-refractivity contribution in [3.05, 3.63) is 60.2 Å². The van der Waals surface area contributed by atoms with Crippen molar-refractivity contribution in [2.45, 2.75) is 11.8 Å². The van der Waals surface area contributed by atoms with Gasteiger partial charge in [0.25, 0.3) is 5.84 Å². The molecular formula is C17H12F3N4OS+. The molecule has 0 aliphatic carbocycles. The molecule has 0 saturated heterocycles. The lowest BCUT2D eigenvalue weighted by Gasteiger charge is -2.23. The molecular weight excluding hydrogens is 365 g/mol. The van der Waals surface area contributed by atoms with Crippen LogP contribution in [-0.4, -0.2) is 28.6 Å². The van der Waals surface area contributed by atoms with Gasteiger partial charge in [-0.3, -0.25) is 0 Å². The Morgan fingerprint density at radius 2 is 1.77 bits per heavy atom. The Hall–Kier alpha value is -2.94. The zero-order valence-corrected chi connectivity index (χ0v) is 13.9. The molecule has 3 aromatic rings. The quantitative estimate of drug-likeness (QED) is 0.650. The van der Waals surface area contributed by atoms with Gasteiger partial charge in [0.05, 0.1) is 15.8 Å². The number of amidine groups is 1. The van der Waals surface area contributed by atoms with Crippen molar-refractivity contribution in [2.24, 2.45) is 0 Å². The summed E-state index contributed by atoms with van der Waals surface area (Å²) in [6.45, 7) is 0. The van der Waals surface area contributed by atoms with E-state index in [4.69, 9.17) is 0 Å². The van der Waals surface area contributed by atoms with Gasteiger partial charge in [0.2, 0.25) is 0 Å². The van der Waals surface area contributed by atoms with E-state index in [9.17, 15) is 18.0 Å². The zero-order chi connectivity index (χ0) is 18.4. The second-order valence-electron chi connectivity index (χ2n) is 5.68. The fourth-order valence-electron chi connectivity index (χ4n) is 2.68. The molecule has 3 N–H and O–H groups in total. The van der Waals surface area contributed by atoms with Gasteiger partial charge in [-0.15, -0.1) is 0 Å². The lowest BCUT2D eigenvalue weighted by molar-refractivity contribution is -0.566. The van der Waals surface area contributed by atoms with Gasteiger partial charge < -0.3 is 5.32 Å². The Labute approximate surface area is 149 Å². The molecule has 1 aromatic heterocycles. The number of fused-ring (bicyclic) bond motifs is 1. The number of halogens is 3. The number of alkyl halides is 3. The molecule has 1 aliphatic heterocycles. The van der Waals surface area contributed by atoms with Crippen molar-refractivity contribution < 1.29 is 23.0 Å². The van der Waals surface area contributed by atoms with E-state index in [0.717, 1.165) is 16.0 Å². The second-order valence-corrected chi connectivity index (χ2v) is 6.71. The van der Waals surface area contributed by atoms with Crippen LogP contribution in [0.15, 0.2) is 54.6 Å². The summed E-state index contributed by atoms with van der Waals surface area (Å²) in [5.74, 6) is -1.25. The maximum Gasteiger partial charge on any atom is 0.465 e. The first kappa shape index (κ1) is 16.5. The number of carbonyl (C=O) groups is 1. The summed E-state index contributed by atoms with van der Waals surface area (Å²) in [5.41, 5.74) is -1.99. The molecule has 2 aromatic carbocycles. The van der Waals surface area contributed by atoms with Crippen LogP contribution in [-0.2, 0) is 4.79 Å². The van der Waals surface area contributed by atoms with E-state index in [2.05, 4.69) is 20.6 Å². The lowest BCUT2D eigenvalue weighted by Crippen LogP contribution is -2.94. The molecule has 5 nitrogen and oxygen atoms in total. The molecule has 0 radical (unpaired) electrons. The molecule has 1 amide bonds. The van der Waals surface area contributed by atoms with Crippen LogP contribution in [0.1, 0.15) is 5.56 Å². The minimum absolute atomic E-state index is 0.000451. The summed E-state index contributed by atoms with van der Waals surface area (Å²) < 4.78 is 42.3. The standard InChI is InChI=1S/C17H11F3N4OS/c18-17(19,20)16(24-15-21-11-8-4-5-9-12(11)26-15)14(25)22-13(23-16)10-6-2-1-3-7-10/h1-9H,(H,21,24)(H,22,23,25)/p+1/t16-/m0/s1. The molecule has 0 unspecified atom stereocenters. The number of hydrogen-bond donors (Lipinski definition) is 3. The normalized spacial score (nSPS) is 20.1. The van der Waals surface area contributed by atoms with Gasteiger partial charge in [-0.1, -0.05) is 41.7 Å². The number of para-hydroxylation sites is 1. The predicted molar refractivity (Wildman–Crippen MR) is 91.7 cm³/mol. The average molecular weight is 377 g/mol. The average Bonchev–Trinajstić information content (AvgIpc) is 3.17. The monoisotopic (exact) mass is 377 g/mol. The van der Waals surface area contributed by atoms with Crippen molar-refractivity contribution >= 4 is 38.4 Å². The Morgan fingerprint density at radius 1 is 1.08 bits per heavy atom. The van der Waals surface area contributed by atoms with Crippen LogP contribution in [0.2, 0.25) is 0 Å². The van der Waals surface area contributed by atoms with Crippen LogP contribution in [0.4, 0.5) is 18.3 Å². The molecule has 1 atom stereocenters. The van der Waals surface area contributed by atoms with Gasteiger partial charge in [-0.2, -0.15) is 13.2 Å². The number of nitrogens with zero attached hydrogens (tertiary/aromatic N) is 1. The topological polar surface area (TPSA) is 68.0 Å². The lowest BCUT2D eigenvalue weighted by atomic mass is 10.1. The minimum atomic E-state index is -4.90. The molecule has 1 aliphatic rings. The number of carbonyl (C=O) groups excluding carboxylic acids is 1. The van der Waals surface area contributed by atoms with E-state index in [1.165, 1.54) is 0 Å². The molecule has 0 bridgehead atoms. The summed E-state index contributed by atoms with van der Waals surface area (Å²) in [5, 5.41) is 4.55. The highest BCUT2D eigenvalue weighted by molar-refractivity contribution is 7.22. The Bertz CT molecular complexity index is 983. The summed E-state index contributed by atoms with van der Waals surface area (Å²) in [6.07, 6.45) is -4.90. The SMILES string of the molecule is O=C1NC(c2ccccc2)=[NH+][C@@]1(Nc1nc2ccccc2s1)C(F)(F)F. The maximum atomic E-state index is 13.9. The fraction of sp³-hybridized carbons (Fsp3) is 0.118. The van der Waals surface area contributed by atoms with Gasteiger partial charge in [-0.05, 0) is 24.3 Å². The van der Waals surface area contributed by atoms with Gasteiger partial charge in [0, 0.05) is 0 Å². The molecule has 2 heterocycles. The van der Waals surface area contributed by atoms with Crippen LogP contribution in [0.3, 0.4) is 0 Å². The Kier molecular flexibility index (Phi) is 3.69. The van der Waals surface area contributed by atoms with E-state index in [1.807, 2.05) is 0 Å². The summed E-state index contributed by atoms with van der Waals surface area (Å²) in [6, 6.07) is 15.2. The van der Waals surface area contributed by atoms with Crippen molar-refractivity contribution in [1.82, 2.24) is 10.3 Å². The number of rotatable bonds is 3. The van der Waals surface area contributed by atoms with E-state index in [-0.39, 0.29) is 11.0 Å². The number of nitrogens with one attached hydrogen (secondary N) is 3. The van der Waals surface area contributed by atoms with Crippen LogP contribution in [0.25, 0.3) is 10.2 Å². The van der Waals surface area contributed by atoms with Gasteiger partial charge in [0.1, 0.15) is 0 Å². The molecule has 9 heteroatoms. The fourth-order valence-corrected chi connectivity index (χ4v) is 3.60. The third-order valence-electron chi connectivity index (χ3n) is 3.97. The number of aromatic nitrogens is 1. The van der Waals surface area contributed by atoms with Crippen LogP contribution >= 0.6 is 11.3 Å². The van der Waals surface area contributed by atoms with Crippen molar-refractivity contribution in [3.63, 3.8) is 0 Å². The van der Waals surface area contributed by atoms with E-state index in [1.54, 1.807) is 54.6 Å². The molecule has 0 saturated carbocycles. The Morgan fingerprint density at radius 3 is 2.46 bits per heavy atom. The van der Waals surface area contributed by atoms with E-state index >= 15 is 0 Å². The highest BCUT2D eigenvalue weighted by Crippen LogP contribution is 2.33.